The predicted molar refractivity (Wildman–Crippen MR) is 84.4 cm³/mol. The molecule has 104 valence electrons. The molecule has 2 nitrogen and oxygen atoms in total. The van der Waals surface area contributed by atoms with Gasteiger partial charge in [0.05, 0.1) is 6.04 Å². The quantitative estimate of drug-likeness (QED) is 0.809. The smallest absolute Gasteiger partial charge is 0.134 e. The third-order valence-corrected chi connectivity index (χ3v) is 3.78. The van der Waals surface area contributed by atoms with Crippen LogP contribution in [0, 0.1) is 5.92 Å². The van der Waals surface area contributed by atoms with E-state index in [0.717, 1.165) is 21.2 Å². The Morgan fingerprint density at radius 1 is 1.16 bits per heavy atom. The second-order valence-corrected chi connectivity index (χ2v) is 6.67. The first-order valence-corrected chi connectivity index (χ1v) is 7.70. The first kappa shape index (κ1) is 14.6. The second-order valence-electron chi connectivity index (χ2n) is 5.75. The van der Waals surface area contributed by atoms with Crippen LogP contribution in [-0.4, -0.2) is 6.04 Å². The van der Waals surface area contributed by atoms with Gasteiger partial charge in [0.25, 0.3) is 0 Å². The number of rotatable bonds is 5. The molecule has 1 N–H and O–H groups in total. The van der Waals surface area contributed by atoms with E-state index in [1.807, 2.05) is 12.1 Å². The van der Waals surface area contributed by atoms with Crippen molar-refractivity contribution in [2.75, 3.05) is 0 Å². The minimum atomic E-state index is 0.236. The first-order valence-electron chi connectivity index (χ1n) is 6.90. The topological polar surface area (TPSA) is 25.2 Å². The molecule has 2 aromatic rings. The number of nitrogens with one attached hydrogen (secondary N) is 1. The van der Waals surface area contributed by atoms with Crippen LogP contribution >= 0.6 is 15.9 Å². The van der Waals surface area contributed by atoms with Crippen molar-refractivity contribution in [3.8, 4) is 0 Å². The van der Waals surface area contributed by atoms with Gasteiger partial charge in [-0.3, -0.25) is 0 Å². The fraction of sp³-hybridized carbons (Fsp3) is 0.500. The van der Waals surface area contributed by atoms with Gasteiger partial charge in [0.1, 0.15) is 11.3 Å². The van der Waals surface area contributed by atoms with Crippen molar-refractivity contribution < 1.29 is 4.42 Å². The van der Waals surface area contributed by atoms with Crippen molar-refractivity contribution in [1.82, 2.24) is 5.32 Å². The van der Waals surface area contributed by atoms with E-state index in [-0.39, 0.29) is 6.04 Å². The molecule has 2 atom stereocenters. The van der Waals surface area contributed by atoms with Gasteiger partial charge in [0, 0.05) is 15.9 Å². The Balaban J connectivity index is 2.10. The third-order valence-electron chi connectivity index (χ3n) is 3.28. The van der Waals surface area contributed by atoms with Gasteiger partial charge in [0.15, 0.2) is 0 Å². The number of halogens is 1. The van der Waals surface area contributed by atoms with Crippen LogP contribution in [0.15, 0.2) is 33.2 Å². The highest BCUT2D eigenvalue weighted by atomic mass is 79.9. The van der Waals surface area contributed by atoms with Gasteiger partial charge in [-0.1, -0.05) is 29.8 Å². The SMILES string of the molecule is CC(C)CC(C)NC(C)c1cc2cc(Br)ccc2o1. The van der Waals surface area contributed by atoms with E-state index in [1.54, 1.807) is 0 Å². The molecule has 0 amide bonds. The molecule has 2 unspecified atom stereocenters. The van der Waals surface area contributed by atoms with Gasteiger partial charge >= 0.3 is 0 Å². The fourth-order valence-electron chi connectivity index (χ4n) is 2.53. The summed E-state index contributed by atoms with van der Waals surface area (Å²) in [4.78, 5) is 0. The fourth-order valence-corrected chi connectivity index (χ4v) is 2.91. The molecule has 0 radical (unpaired) electrons. The minimum Gasteiger partial charge on any atom is -0.459 e. The largest absolute Gasteiger partial charge is 0.459 e. The lowest BCUT2D eigenvalue weighted by molar-refractivity contribution is 0.373. The molecule has 0 aliphatic heterocycles. The number of hydrogen-bond donors (Lipinski definition) is 1. The van der Waals surface area contributed by atoms with Crippen molar-refractivity contribution >= 4 is 26.9 Å². The van der Waals surface area contributed by atoms with Crippen molar-refractivity contribution in [3.05, 3.63) is 34.5 Å². The lowest BCUT2D eigenvalue weighted by Gasteiger charge is -2.19. The minimum absolute atomic E-state index is 0.236. The molecule has 1 heterocycles. The highest BCUT2D eigenvalue weighted by molar-refractivity contribution is 9.10. The molecule has 0 saturated heterocycles. The monoisotopic (exact) mass is 323 g/mol. The van der Waals surface area contributed by atoms with Crippen molar-refractivity contribution in [3.63, 3.8) is 0 Å². The van der Waals surface area contributed by atoms with Gasteiger partial charge < -0.3 is 9.73 Å². The zero-order valence-electron chi connectivity index (χ0n) is 12.0. The molecule has 0 aliphatic rings. The molecule has 19 heavy (non-hydrogen) atoms. The number of hydrogen-bond acceptors (Lipinski definition) is 2. The molecule has 2 rings (SSSR count). The molecular formula is C16H22BrNO. The van der Waals surface area contributed by atoms with Crippen molar-refractivity contribution in [1.29, 1.82) is 0 Å². The summed E-state index contributed by atoms with van der Waals surface area (Å²) in [6.45, 7) is 8.89. The molecule has 0 aliphatic carbocycles. The Bertz CT molecular complexity index is 547. The highest BCUT2D eigenvalue weighted by Gasteiger charge is 2.14. The normalized spacial score (nSPS) is 15.1. The lowest BCUT2D eigenvalue weighted by atomic mass is 10.0. The maximum absolute atomic E-state index is 5.91. The van der Waals surface area contributed by atoms with E-state index in [9.17, 15) is 0 Å². The van der Waals surface area contributed by atoms with Gasteiger partial charge in [-0.15, -0.1) is 0 Å². The Morgan fingerprint density at radius 2 is 1.89 bits per heavy atom. The summed E-state index contributed by atoms with van der Waals surface area (Å²) in [7, 11) is 0. The van der Waals surface area contributed by atoms with E-state index >= 15 is 0 Å². The summed E-state index contributed by atoms with van der Waals surface area (Å²) in [5, 5.41) is 4.75. The zero-order chi connectivity index (χ0) is 14.0. The van der Waals surface area contributed by atoms with Gasteiger partial charge in [-0.2, -0.15) is 0 Å². The summed E-state index contributed by atoms with van der Waals surface area (Å²) >= 11 is 3.49. The maximum Gasteiger partial charge on any atom is 0.134 e. The van der Waals surface area contributed by atoms with Gasteiger partial charge in [-0.05, 0) is 50.5 Å². The Hall–Kier alpha value is -0.800. The zero-order valence-corrected chi connectivity index (χ0v) is 13.6. The summed E-state index contributed by atoms with van der Waals surface area (Å²) in [6, 6.07) is 8.96. The van der Waals surface area contributed by atoms with Crippen LogP contribution in [0.4, 0.5) is 0 Å². The average Bonchev–Trinajstić information content (AvgIpc) is 2.70. The molecular weight excluding hydrogens is 302 g/mol. The van der Waals surface area contributed by atoms with E-state index in [1.165, 1.54) is 6.42 Å². The average molecular weight is 324 g/mol. The number of benzene rings is 1. The lowest BCUT2D eigenvalue weighted by Crippen LogP contribution is -2.29. The third kappa shape index (κ3) is 3.83. The highest BCUT2D eigenvalue weighted by Crippen LogP contribution is 2.27. The maximum atomic E-state index is 5.91. The van der Waals surface area contributed by atoms with Crippen LogP contribution in [0.3, 0.4) is 0 Å². The molecule has 1 aromatic heterocycles. The van der Waals surface area contributed by atoms with Crippen LogP contribution in [0.25, 0.3) is 11.0 Å². The van der Waals surface area contributed by atoms with Crippen LogP contribution in [0.1, 0.15) is 45.9 Å². The molecule has 1 aromatic carbocycles. The standard InChI is InChI=1S/C16H22BrNO/c1-10(2)7-11(3)18-12(4)16-9-13-8-14(17)5-6-15(13)19-16/h5-6,8-12,18H,7H2,1-4H3. The second kappa shape index (κ2) is 6.10. The van der Waals surface area contributed by atoms with E-state index in [0.29, 0.717) is 12.0 Å². The summed E-state index contributed by atoms with van der Waals surface area (Å²) in [5.41, 5.74) is 0.948. The Labute approximate surface area is 123 Å². The summed E-state index contributed by atoms with van der Waals surface area (Å²) in [5.74, 6) is 1.71. The van der Waals surface area contributed by atoms with E-state index in [2.05, 4.69) is 61.1 Å². The van der Waals surface area contributed by atoms with Crippen LogP contribution < -0.4 is 5.32 Å². The molecule has 0 saturated carbocycles. The van der Waals surface area contributed by atoms with Crippen molar-refractivity contribution in [2.24, 2.45) is 5.92 Å². The van der Waals surface area contributed by atoms with Crippen LogP contribution in [0.2, 0.25) is 0 Å². The number of fused-ring (bicyclic) bond motifs is 1. The number of furan rings is 1. The first-order chi connectivity index (χ1) is 8.95. The van der Waals surface area contributed by atoms with Crippen LogP contribution in [0.5, 0.6) is 0 Å². The van der Waals surface area contributed by atoms with E-state index < -0.39 is 0 Å². The summed E-state index contributed by atoms with van der Waals surface area (Å²) in [6.07, 6.45) is 1.18. The van der Waals surface area contributed by atoms with Gasteiger partial charge in [-0.25, -0.2) is 0 Å². The van der Waals surface area contributed by atoms with Crippen LogP contribution in [-0.2, 0) is 0 Å². The molecule has 0 bridgehead atoms. The van der Waals surface area contributed by atoms with Gasteiger partial charge in [0.2, 0.25) is 0 Å². The Kier molecular flexibility index (Phi) is 4.69. The van der Waals surface area contributed by atoms with E-state index in [4.69, 9.17) is 4.42 Å². The molecule has 0 fully saturated rings. The molecule has 0 spiro atoms. The summed E-state index contributed by atoms with van der Waals surface area (Å²) < 4.78 is 6.99. The predicted octanol–water partition coefficient (Wildman–Crippen LogP) is 5.28. The van der Waals surface area contributed by atoms with Crippen molar-refractivity contribution in [2.45, 2.75) is 46.2 Å². The Morgan fingerprint density at radius 3 is 2.58 bits per heavy atom. The molecule has 3 heteroatoms.